The third-order valence-corrected chi connectivity index (χ3v) is 8.28. The molecule has 3 aromatic heterocycles. The second kappa shape index (κ2) is 10.7. The topological polar surface area (TPSA) is 94.6 Å². The number of hydrogen-bond donors (Lipinski definition) is 0. The molecule has 0 bridgehead atoms. The van der Waals surface area contributed by atoms with Gasteiger partial charge >= 0.3 is 0 Å². The third-order valence-electron chi connectivity index (χ3n) is 7.41. The van der Waals surface area contributed by atoms with Crippen molar-refractivity contribution in [3.05, 3.63) is 99.3 Å². The lowest BCUT2D eigenvalue weighted by atomic mass is 9.97. The number of ether oxygens (including phenoxy) is 1. The standard InChI is InChI=1S/C32H32N6O3S/c1-20-8-10-22(11-9-20)26-17-25(21-12-14-23(41-5)15-13-21)34-37(26)28(39)19-36-31(40)30-24(18-33-38(30)32(2,3)4)29(35-36)27-7-6-16-42-27/h6-16,18,26H,17,19H2,1-5H3. The number of aromatic nitrogens is 4. The van der Waals surface area contributed by atoms with Crippen LogP contribution in [0.1, 0.15) is 49.9 Å². The predicted octanol–water partition coefficient (Wildman–Crippen LogP) is 5.77. The van der Waals surface area contributed by atoms with E-state index in [1.807, 2.05) is 93.7 Å². The molecule has 42 heavy (non-hydrogen) atoms. The van der Waals surface area contributed by atoms with E-state index in [0.717, 1.165) is 33.0 Å². The van der Waals surface area contributed by atoms with Gasteiger partial charge in [-0.15, -0.1) is 11.3 Å². The monoisotopic (exact) mass is 580 g/mol. The first-order valence-corrected chi connectivity index (χ1v) is 14.7. The van der Waals surface area contributed by atoms with Crippen LogP contribution in [0.3, 0.4) is 0 Å². The van der Waals surface area contributed by atoms with Crippen LogP contribution in [0.4, 0.5) is 0 Å². The van der Waals surface area contributed by atoms with Gasteiger partial charge in [0.25, 0.3) is 11.5 Å². The highest BCUT2D eigenvalue weighted by molar-refractivity contribution is 7.13. The van der Waals surface area contributed by atoms with Gasteiger partial charge in [-0.05, 0) is 74.5 Å². The number of amides is 1. The van der Waals surface area contributed by atoms with Crippen LogP contribution in [-0.2, 0) is 16.9 Å². The molecular formula is C32H32N6O3S. The minimum Gasteiger partial charge on any atom is -0.497 e. The molecule has 5 aromatic rings. The fraction of sp³-hybridized carbons (Fsp3) is 0.281. The smallest absolute Gasteiger partial charge is 0.293 e. The molecule has 2 aromatic carbocycles. The summed E-state index contributed by atoms with van der Waals surface area (Å²) in [5, 5.41) is 18.2. The van der Waals surface area contributed by atoms with Crippen molar-refractivity contribution in [2.75, 3.05) is 7.11 Å². The lowest BCUT2D eigenvalue weighted by Gasteiger charge is -2.23. The van der Waals surface area contributed by atoms with Crippen molar-refractivity contribution in [2.24, 2.45) is 5.10 Å². The Morgan fingerprint density at radius 2 is 1.81 bits per heavy atom. The van der Waals surface area contributed by atoms with E-state index >= 15 is 0 Å². The summed E-state index contributed by atoms with van der Waals surface area (Å²) < 4.78 is 8.29. The molecule has 0 spiro atoms. The number of thiophene rings is 1. The Bertz CT molecular complexity index is 1850. The summed E-state index contributed by atoms with van der Waals surface area (Å²) in [6.45, 7) is 7.74. The SMILES string of the molecule is COc1ccc(C2=NN(C(=O)Cn3nc(-c4cccs4)c4cnn(C(C)(C)C)c4c3=O)C(c3ccc(C)cc3)C2)cc1. The summed E-state index contributed by atoms with van der Waals surface area (Å²) in [5.41, 5.74) is 4.05. The fourth-order valence-electron chi connectivity index (χ4n) is 5.23. The second-order valence-electron chi connectivity index (χ2n) is 11.4. The van der Waals surface area contributed by atoms with Crippen LogP contribution in [-0.4, -0.2) is 43.3 Å². The van der Waals surface area contributed by atoms with E-state index in [2.05, 4.69) is 5.10 Å². The maximum Gasteiger partial charge on any atom is 0.293 e. The lowest BCUT2D eigenvalue weighted by molar-refractivity contribution is -0.133. The molecule has 1 amide bonds. The molecule has 0 N–H and O–H groups in total. The van der Waals surface area contributed by atoms with Gasteiger partial charge in [-0.3, -0.25) is 14.3 Å². The van der Waals surface area contributed by atoms with E-state index in [0.29, 0.717) is 23.0 Å². The van der Waals surface area contributed by atoms with Crippen molar-refractivity contribution in [1.82, 2.24) is 24.6 Å². The summed E-state index contributed by atoms with van der Waals surface area (Å²) in [4.78, 5) is 28.8. The van der Waals surface area contributed by atoms with E-state index in [4.69, 9.17) is 14.9 Å². The number of carbonyl (C=O) groups excluding carboxylic acids is 1. The highest BCUT2D eigenvalue weighted by Crippen LogP contribution is 2.34. The molecule has 0 fully saturated rings. The molecule has 214 valence electrons. The molecule has 0 aliphatic carbocycles. The van der Waals surface area contributed by atoms with Gasteiger partial charge in [-0.2, -0.15) is 15.3 Å². The zero-order chi connectivity index (χ0) is 29.6. The van der Waals surface area contributed by atoms with Gasteiger partial charge in [0, 0.05) is 6.42 Å². The zero-order valence-corrected chi connectivity index (χ0v) is 25.1. The molecule has 4 heterocycles. The number of methoxy groups -OCH3 is 1. The van der Waals surface area contributed by atoms with E-state index in [1.165, 1.54) is 21.0 Å². The molecule has 1 atom stereocenters. The predicted molar refractivity (Wildman–Crippen MR) is 165 cm³/mol. The molecule has 6 rings (SSSR count). The number of aryl methyl sites for hydroxylation is 1. The van der Waals surface area contributed by atoms with Crippen LogP contribution in [0.5, 0.6) is 5.75 Å². The highest BCUT2D eigenvalue weighted by atomic mass is 32.1. The largest absolute Gasteiger partial charge is 0.497 e. The molecule has 0 radical (unpaired) electrons. The second-order valence-corrected chi connectivity index (χ2v) is 12.4. The van der Waals surface area contributed by atoms with E-state index in [1.54, 1.807) is 18.0 Å². The maximum atomic E-state index is 14.0. The summed E-state index contributed by atoms with van der Waals surface area (Å²) in [6.07, 6.45) is 2.23. The van der Waals surface area contributed by atoms with E-state index < -0.39 is 5.54 Å². The average molecular weight is 581 g/mol. The van der Waals surface area contributed by atoms with Gasteiger partial charge in [0.1, 0.15) is 23.5 Å². The fourth-order valence-corrected chi connectivity index (χ4v) is 5.95. The lowest BCUT2D eigenvalue weighted by Crippen LogP contribution is -2.36. The van der Waals surface area contributed by atoms with Crippen molar-refractivity contribution >= 4 is 33.9 Å². The summed E-state index contributed by atoms with van der Waals surface area (Å²) >= 11 is 1.52. The molecule has 1 unspecified atom stereocenters. The Balaban J connectivity index is 1.42. The Kier molecular flexibility index (Phi) is 7.02. The van der Waals surface area contributed by atoms with Crippen LogP contribution >= 0.6 is 11.3 Å². The van der Waals surface area contributed by atoms with Crippen molar-refractivity contribution in [2.45, 2.75) is 52.2 Å². The number of fused-ring (bicyclic) bond motifs is 1. The summed E-state index contributed by atoms with van der Waals surface area (Å²) in [6, 6.07) is 19.3. The quantitative estimate of drug-likeness (QED) is 0.254. The number of benzene rings is 2. The van der Waals surface area contributed by atoms with Crippen LogP contribution < -0.4 is 10.3 Å². The molecule has 10 heteroatoms. The normalized spacial score (nSPS) is 15.3. The van der Waals surface area contributed by atoms with Crippen molar-refractivity contribution in [1.29, 1.82) is 0 Å². The van der Waals surface area contributed by atoms with Crippen LogP contribution in [0.15, 0.2) is 82.1 Å². The van der Waals surface area contributed by atoms with E-state index in [9.17, 15) is 9.59 Å². The molecule has 0 saturated carbocycles. The van der Waals surface area contributed by atoms with Gasteiger partial charge in [0.05, 0.1) is 40.9 Å². The van der Waals surface area contributed by atoms with Gasteiger partial charge < -0.3 is 4.74 Å². The first-order chi connectivity index (χ1) is 20.1. The van der Waals surface area contributed by atoms with Crippen molar-refractivity contribution in [3.8, 4) is 16.3 Å². The number of hydrogen-bond acceptors (Lipinski definition) is 7. The number of hydrazone groups is 1. The van der Waals surface area contributed by atoms with Crippen LogP contribution in [0.2, 0.25) is 0 Å². The Morgan fingerprint density at radius 1 is 1.07 bits per heavy atom. The zero-order valence-electron chi connectivity index (χ0n) is 24.2. The Morgan fingerprint density at radius 3 is 2.45 bits per heavy atom. The van der Waals surface area contributed by atoms with E-state index in [-0.39, 0.29) is 24.1 Å². The minimum absolute atomic E-state index is 0.260. The third kappa shape index (κ3) is 5.02. The molecular weight excluding hydrogens is 548 g/mol. The van der Waals surface area contributed by atoms with Gasteiger partial charge in [-0.1, -0.05) is 35.9 Å². The molecule has 1 aliphatic rings. The minimum atomic E-state index is -0.445. The number of rotatable bonds is 6. The first-order valence-electron chi connectivity index (χ1n) is 13.8. The van der Waals surface area contributed by atoms with Crippen LogP contribution in [0.25, 0.3) is 21.5 Å². The maximum absolute atomic E-state index is 14.0. The van der Waals surface area contributed by atoms with Gasteiger partial charge in [0.15, 0.2) is 0 Å². The molecule has 1 aliphatic heterocycles. The molecule has 9 nitrogen and oxygen atoms in total. The summed E-state index contributed by atoms with van der Waals surface area (Å²) in [5.74, 6) is 0.425. The number of carbonyl (C=O) groups is 1. The Hall–Kier alpha value is -4.57. The summed E-state index contributed by atoms with van der Waals surface area (Å²) in [7, 11) is 1.63. The molecule has 0 saturated heterocycles. The van der Waals surface area contributed by atoms with Crippen molar-refractivity contribution in [3.63, 3.8) is 0 Å². The van der Waals surface area contributed by atoms with Gasteiger partial charge in [0.2, 0.25) is 0 Å². The average Bonchev–Trinajstić information content (AvgIpc) is 3.75. The number of nitrogens with zero attached hydrogens (tertiary/aromatic N) is 6. The van der Waals surface area contributed by atoms with Crippen molar-refractivity contribution < 1.29 is 9.53 Å². The van der Waals surface area contributed by atoms with Gasteiger partial charge in [-0.25, -0.2) is 9.69 Å². The highest BCUT2D eigenvalue weighted by Gasteiger charge is 2.34. The first kappa shape index (κ1) is 27.6. The Labute approximate surface area is 247 Å². The van der Waals surface area contributed by atoms with Crippen LogP contribution in [0, 0.1) is 6.92 Å².